The van der Waals surface area contributed by atoms with Crippen molar-refractivity contribution < 1.29 is 19.4 Å². The molecule has 1 atom stereocenters. The van der Waals surface area contributed by atoms with E-state index in [2.05, 4.69) is 6.58 Å². The Morgan fingerprint density at radius 3 is 2.55 bits per heavy atom. The van der Waals surface area contributed by atoms with Crippen LogP contribution >= 0.6 is 0 Å². The highest BCUT2D eigenvalue weighted by Gasteiger charge is 2.18. The van der Waals surface area contributed by atoms with Crippen molar-refractivity contribution >= 4 is 11.9 Å². The molecular weight excluding hydrogens is 256 g/mol. The average Bonchev–Trinajstić information content (AvgIpc) is 2.47. The molecule has 1 unspecified atom stereocenters. The van der Waals surface area contributed by atoms with E-state index in [0.29, 0.717) is 6.61 Å². The standard InChI is InChI=1S/C16H20O4/c1-3-5-8-12(4-2)11-20-16(19)14-10-7-6-9-13(14)15(17)18/h3,6-7,9-10,12H,1,4-5,8,11H2,2H3,(H,17,18). The molecule has 108 valence electrons. The Kier molecular flexibility index (Phi) is 6.50. The van der Waals surface area contributed by atoms with Gasteiger partial charge >= 0.3 is 11.9 Å². The number of carbonyl (C=O) groups excluding carboxylic acids is 1. The minimum absolute atomic E-state index is 0.0309. The smallest absolute Gasteiger partial charge is 0.339 e. The molecule has 0 saturated carbocycles. The summed E-state index contributed by atoms with van der Waals surface area (Å²) in [5.41, 5.74) is 0.0650. The maximum atomic E-state index is 12.0. The Balaban J connectivity index is 2.67. The Hall–Kier alpha value is -2.10. The normalized spacial score (nSPS) is 11.7. The van der Waals surface area contributed by atoms with Crippen molar-refractivity contribution in [2.75, 3.05) is 6.61 Å². The van der Waals surface area contributed by atoms with Gasteiger partial charge in [-0.3, -0.25) is 0 Å². The highest BCUT2D eigenvalue weighted by molar-refractivity contribution is 6.02. The number of benzene rings is 1. The van der Waals surface area contributed by atoms with Gasteiger partial charge in [0.1, 0.15) is 0 Å². The van der Waals surface area contributed by atoms with Gasteiger partial charge in [0, 0.05) is 0 Å². The van der Waals surface area contributed by atoms with E-state index in [1.807, 2.05) is 13.0 Å². The summed E-state index contributed by atoms with van der Waals surface area (Å²) >= 11 is 0. The Bertz CT molecular complexity index is 479. The van der Waals surface area contributed by atoms with E-state index in [1.54, 1.807) is 12.1 Å². The van der Waals surface area contributed by atoms with Gasteiger partial charge in [0.15, 0.2) is 0 Å². The summed E-state index contributed by atoms with van der Waals surface area (Å²) in [6.45, 7) is 6.00. The first-order chi connectivity index (χ1) is 9.60. The maximum Gasteiger partial charge on any atom is 0.339 e. The van der Waals surface area contributed by atoms with Crippen LogP contribution in [0.2, 0.25) is 0 Å². The van der Waals surface area contributed by atoms with Crippen LogP contribution in [0.15, 0.2) is 36.9 Å². The van der Waals surface area contributed by atoms with Crippen LogP contribution in [0.1, 0.15) is 46.9 Å². The number of aromatic carboxylic acids is 1. The maximum absolute atomic E-state index is 12.0. The van der Waals surface area contributed by atoms with Gasteiger partial charge in [-0.25, -0.2) is 9.59 Å². The zero-order chi connectivity index (χ0) is 15.0. The molecule has 0 bridgehead atoms. The molecule has 1 aromatic carbocycles. The molecule has 4 nitrogen and oxygen atoms in total. The van der Waals surface area contributed by atoms with Gasteiger partial charge in [-0.15, -0.1) is 6.58 Å². The van der Waals surface area contributed by atoms with Gasteiger partial charge in [0.25, 0.3) is 0 Å². The third-order valence-corrected chi connectivity index (χ3v) is 3.18. The number of carboxylic acids is 1. The van der Waals surface area contributed by atoms with Crippen LogP contribution in [-0.4, -0.2) is 23.7 Å². The van der Waals surface area contributed by atoms with Gasteiger partial charge in [-0.2, -0.15) is 0 Å². The number of hydrogen-bond acceptors (Lipinski definition) is 3. The van der Waals surface area contributed by atoms with Gasteiger partial charge in [0.2, 0.25) is 0 Å². The highest BCUT2D eigenvalue weighted by atomic mass is 16.5. The van der Waals surface area contributed by atoms with E-state index in [9.17, 15) is 9.59 Å². The summed E-state index contributed by atoms with van der Waals surface area (Å²) in [5, 5.41) is 9.04. The van der Waals surface area contributed by atoms with Crippen LogP contribution in [-0.2, 0) is 4.74 Å². The minimum Gasteiger partial charge on any atom is -0.478 e. The van der Waals surface area contributed by atoms with Crippen molar-refractivity contribution in [3.8, 4) is 0 Å². The van der Waals surface area contributed by atoms with Crippen LogP contribution < -0.4 is 0 Å². The molecule has 0 spiro atoms. The first kappa shape index (κ1) is 16.0. The highest BCUT2D eigenvalue weighted by Crippen LogP contribution is 2.15. The molecule has 1 rings (SSSR count). The lowest BCUT2D eigenvalue weighted by molar-refractivity contribution is 0.0422. The van der Waals surface area contributed by atoms with Crippen molar-refractivity contribution in [3.05, 3.63) is 48.0 Å². The van der Waals surface area contributed by atoms with Gasteiger partial charge in [-0.05, 0) is 30.9 Å². The quantitative estimate of drug-likeness (QED) is 0.582. The lowest BCUT2D eigenvalue weighted by Gasteiger charge is -2.14. The van der Waals surface area contributed by atoms with E-state index in [1.165, 1.54) is 12.1 Å². The fourth-order valence-corrected chi connectivity index (χ4v) is 1.88. The molecule has 0 aliphatic heterocycles. The third kappa shape index (κ3) is 4.53. The molecule has 0 radical (unpaired) electrons. The SMILES string of the molecule is C=CCCC(CC)COC(=O)c1ccccc1C(=O)O. The molecule has 0 fully saturated rings. The summed E-state index contributed by atoms with van der Waals surface area (Å²) in [7, 11) is 0. The lowest BCUT2D eigenvalue weighted by Crippen LogP contribution is -2.16. The second-order valence-corrected chi connectivity index (χ2v) is 4.59. The monoisotopic (exact) mass is 276 g/mol. The first-order valence-corrected chi connectivity index (χ1v) is 6.70. The van der Waals surface area contributed by atoms with Crippen molar-refractivity contribution in [2.24, 2.45) is 5.92 Å². The molecule has 20 heavy (non-hydrogen) atoms. The summed E-state index contributed by atoms with van der Waals surface area (Å²) in [6, 6.07) is 6.07. The summed E-state index contributed by atoms with van der Waals surface area (Å²) in [4.78, 5) is 23.0. The average molecular weight is 276 g/mol. The van der Waals surface area contributed by atoms with Crippen molar-refractivity contribution in [3.63, 3.8) is 0 Å². The summed E-state index contributed by atoms with van der Waals surface area (Å²) in [5.74, 6) is -1.44. The molecule has 0 amide bonds. The third-order valence-electron chi connectivity index (χ3n) is 3.18. The van der Waals surface area contributed by atoms with Gasteiger partial charge in [0.05, 0.1) is 17.7 Å². The predicted octanol–water partition coefficient (Wildman–Crippen LogP) is 3.53. The van der Waals surface area contributed by atoms with E-state index in [4.69, 9.17) is 9.84 Å². The van der Waals surface area contributed by atoms with Crippen molar-refractivity contribution in [1.29, 1.82) is 0 Å². The van der Waals surface area contributed by atoms with Crippen LogP contribution in [0.25, 0.3) is 0 Å². The molecule has 0 aliphatic carbocycles. The van der Waals surface area contributed by atoms with Crippen LogP contribution in [0.4, 0.5) is 0 Å². The summed E-state index contributed by atoms with van der Waals surface area (Å²) < 4.78 is 5.23. The van der Waals surface area contributed by atoms with Gasteiger partial charge < -0.3 is 9.84 Å². The van der Waals surface area contributed by atoms with Crippen LogP contribution in [0, 0.1) is 5.92 Å². The number of allylic oxidation sites excluding steroid dienone is 1. The minimum atomic E-state index is -1.13. The Morgan fingerprint density at radius 1 is 1.35 bits per heavy atom. The van der Waals surface area contributed by atoms with Crippen LogP contribution in [0.3, 0.4) is 0 Å². The van der Waals surface area contributed by atoms with Crippen LogP contribution in [0.5, 0.6) is 0 Å². The zero-order valence-corrected chi connectivity index (χ0v) is 11.7. The molecule has 1 aromatic rings. The lowest BCUT2D eigenvalue weighted by atomic mass is 10.0. The van der Waals surface area contributed by atoms with Gasteiger partial charge in [-0.1, -0.05) is 31.6 Å². The predicted molar refractivity (Wildman–Crippen MR) is 76.9 cm³/mol. The Labute approximate surface area is 119 Å². The summed E-state index contributed by atoms with van der Waals surface area (Å²) in [6.07, 6.45) is 4.53. The molecule has 0 aliphatic rings. The Morgan fingerprint density at radius 2 is 2.00 bits per heavy atom. The molecular formula is C16H20O4. The molecule has 0 aromatic heterocycles. The van der Waals surface area contributed by atoms with Crippen molar-refractivity contribution in [2.45, 2.75) is 26.2 Å². The fraction of sp³-hybridized carbons (Fsp3) is 0.375. The zero-order valence-electron chi connectivity index (χ0n) is 11.7. The van der Waals surface area contributed by atoms with E-state index >= 15 is 0 Å². The molecule has 4 heteroatoms. The largest absolute Gasteiger partial charge is 0.478 e. The molecule has 1 N–H and O–H groups in total. The molecule has 0 saturated heterocycles. The number of carbonyl (C=O) groups is 2. The number of rotatable bonds is 8. The van der Waals surface area contributed by atoms with E-state index in [-0.39, 0.29) is 17.0 Å². The number of hydrogen-bond donors (Lipinski definition) is 1. The number of ether oxygens (including phenoxy) is 1. The van der Waals surface area contributed by atoms with E-state index in [0.717, 1.165) is 19.3 Å². The number of esters is 1. The van der Waals surface area contributed by atoms with E-state index < -0.39 is 11.9 Å². The second kappa shape index (κ2) is 8.15. The second-order valence-electron chi connectivity index (χ2n) is 4.59. The topological polar surface area (TPSA) is 63.6 Å². The first-order valence-electron chi connectivity index (χ1n) is 6.70. The van der Waals surface area contributed by atoms with Crippen molar-refractivity contribution in [1.82, 2.24) is 0 Å². The molecule has 0 heterocycles. The fourth-order valence-electron chi connectivity index (χ4n) is 1.88. The number of carboxylic acid groups (broad SMARTS) is 1.